The molecule has 0 bridgehead atoms. The first-order chi connectivity index (χ1) is 20.9. The van der Waals surface area contributed by atoms with Gasteiger partial charge < -0.3 is 23.8 Å². The van der Waals surface area contributed by atoms with Gasteiger partial charge in [-0.15, -0.1) is 0 Å². The molecule has 4 rings (SSSR count). The highest BCUT2D eigenvalue weighted by Gasteiger charge is 2.27. The van der Waals surface area contributed by atoms with Crippen LogP contribution in [-0.2, 0) is 20.6 Å². The van der Waals surface area contributed by atoms with Gasteiger partial charge in [-0.2, -0.15) is 0 Å². The Bertz CT molecular complexity index is 1290. The van der Waals surface area contributed by atoms with Gasteiger partial charge in [-0.3, -0.25) is 4.90 Å². The Morgan fingerprint density at radius 3 is 2.45 bits per heavy atom. The van der Waals surface area contributed by atoms with E-state index in [1.54, 1.807) is 0 Å². The van der Waals surface area contributed by atoms with Crippen LogP contribution in [0.25, 0.3) is 0 Å². The summed E-state index contributed by atoms with van der Waals surface area (Å²) in [5.41, 5.74) is 2.99. The van der Waals surface area contributed by atoms with Crippen molar-refractivity contribution in [2.24, 2.45) is 15.8 Å². The Labute approximate surface area is 272 Å². The van der Waals surface area contributed by atoms with Gasteiger partial charge in [-0.1, -0.05) is 70.0 Å². The number of piperazine rings is 1. The summed E-state index contributed by atoms with van der Waals surface area (Å²) < 4.78 is 22.1. The number of rotatable bonds is 12. The first-order valence-electron chi connectivity index (χ1n) is 15.6. The van der Waals surface area contributed by atoms with Crippen LogP contribution in [0.1, 0.15) is 65.9 Å². The van der Waals surface area contributed by atoms with Gasteiger partial charge in [0, 0.05) is 38.7 Å². The zero-order valence-corrected chi connectivity index (χ0v) is 28.3. The highest BCUT2D eigenvalue weighted by molar-refractivity contribution is 6.43. The maximum Gasteiger partial charge on any atom is 0.511 e. The fraction of sp³-hybridized carbons (Fsp3) is 0.588. The van der Waals surface area contributed by atoms with Gasteiger partial charge in [0.2, 0.25) is 6.79 Å². The largest absolute Gasteiger partial charge is 0.511 e. The molecule has 0 amide bonds. The molecule has 2 aliphatic rings. The molecule has 2 heterocycles. The number of aliphatic imine (C=N–C) groups is 1. The van der Waals surface area contributed by atoms with Gasteiger partial charge in [0.05, 0.1) is 28.0 Å². The SMILES string of the molecule is CC(C)(C)CC(C)(C)COC(=O)OCOC1=Nc2cc(OCCCCN3CCN(c4cccc(Cl)c4Cl)CC3)ccc2CC1. The third kappa shape index (κ3) is 10.7. The van der Waals surface area contributed by atoms with Crippen molar-refractivity contribution in [1.82, 2.24) is 4.90 Å². The van der Waals surface area contributed by atoms with Crippen LogP contribution in [0.2, 0.25) is 10.0 Å². The quantitative estimate of drug-likeness (QED) is 0.130. The zero-order chi connectivity index (χ0) is 31.7. The average molecular weight is 649 g/mol. The van der Waals surface area contributed by atoms with Crippen molar-refractivity contribution in [3.8, 4) is 5.75 Å². The molecule has 2 aromatic carbocycles. The number of nitrogens with zero attached hydrogens (tertiary/aromatic N) is 3. The predicted molar refractivity (Wildman–Crippen MR) is 178 cm³/mol. The highest BCUT2D eigenvalue weighted by Crippen LogP contribution is 2.34. The lowest BCUT2D eigenvalue weighted by Gasteiger charge is -2.36. The van der Waals surface area contributed by atoms with E-state index < -0.39 is 6.16 Å². The minimum absolute atomic E-state index is 0.140. The molecule has 0 spiro atoms. The van der Waals surface area contributed by atoms with Crippen LogP contribution in [0.5, 0.6) is 5.75 Å². The van der Waals surface area contributed by atoms with E-state index in [1.807, 2.05) is 30.3 Å². The lowest BCUT2D eigenvalue weighted by atomic mass is 9.77. The van der Waals surface area contributed by atoms with E-state index in [1.165, 1.54) is 0 Å². The lowest BCUT2D eigenvalue weighted by molar-refractivity contribution is -0.0191. The second-order valence-corrected chi connectivity index (χ2v) is 14.4. The summed E-state index contributed by atoms with van der Waals surface area (Å²) in [6, 6.07) is 11.8. The van der Waals surface area contributed by atoms with Gasteiger partial charge in [-0.25, -0.2) is 9.79 Å². The molecule has 2 aliphatic heterocycles. The highest BCUT2D eigenvalue weighted by atomic mass is 35.5. The Balaban J connectivity index is 1.13. The number of aryl methyl sites for hydroxylation is 1. The third-order valence-corrected chi connectivity index (χ3v) is 8.49. The van der Waals surface area contributed by atoms with E-state index in [-0.39, 0.29) is 24.2 Å². The number of carbonyl (C=O) groups is 1. The zero-order valence-electron chi connectivity index (χ0n) is 26.8. The number of hydrogen-bond acceptors (Lipinski definition) is 8. The number of hydrogen-bond donors (Lipinski definition) is 0. The van der Waals surface area contributed by atoms with Crippen molar-refractivity contribution in [1.29, 1.82) is 0 Å². The summed E-state index contributed by atoms with van der Waals surface area (Å²) in [5.74, 6) is 1.33. The smallest absolute Gasteiger partial charge is 0.494 e. The molecule has 0 aliphatic carbocycles. The van der Waals surface area contributed by atoms with Crippen molar-refractivity contribution in [2.45, 2.75) is 66.7 Å². The van der Waals surface area contributed by atoms with Crippen molar-refractivity contribution in [3.05, 3.63) is 52.0 Å². The number of ether oxygens (including phenoxy) is 4. The summed E-state index contributed by atoms with van der Waals surface area (Å²) in [7, 11) is 0. The van der Waals surface area contributed by atoms with Gasteiger partial charge >= 0.3 is 6.16 Å². The molecule has 0 N–H and O–H groups in total. The Kier molecular flexibility index (Phi) is 12.1. The average Bonchev–Trinajstić information content (AvgIpc) is 2.96. The van der Waals surface area contributed by atoms with Crippen LogP contribution in [0.4, 0.5) is 16.2 Å². The van der Waals surface area contributed by atoms with Crippen LogP contribution in [0.3, 0.4) is 0 Å². The standard InChI is InChI=1S/C34H47Cl2N3O5/c1-33(2,3)22-34(4,5)23-42-32(40)44-24-43-30-14-12-25-11-13-26(21-28(25)37-30)41-20-7-6-15-38-16-18-39(19-17-38)29-10-8-9-27(35)31(29)36/h8-11,13,21H,6-7,12,14-20,22-24H2,1-5H3. The van der Waals surface area contributed by atoms with Gasteiger partial charge in [0.15, 0.2) is 5.90 Å². The van der Waals surface area contributed by atoms with Crippen molar-refractivity contribution < 1.29 is 23.7 Å². The fourth-order valence-corrected chi connectivity index (χ4v) is 6.41. The number of fused-ring (bicyclic) bond motifs is 1. The predicted octanol–water partition coefficient (Wildman–Crippen LogP) is 8.54. The molecular formula is C34H47Cl2N3O5. The van der Waals surface area contributed by atoms with E-state index in [4.69, 9.17) is 42.1 Å². The van der Waals surface area contributed by atoms with Crippen LogP contribution < -0.4 is 9.64 Å². The number of halogens is 2. The molecule has 0 unspecified atom stereocenters. The normalized spacial score (nSPS) is 15.8. The molecule has 2 aromatic rings. The van der Waals surface area contributed by atoms with Crippen LogP contribution in [0, 0.1) is 10.8 Å². The maximum atomic E-state index is 12.1. The second kappa shape index (κ2) is 15.5. The minimum atomic E-state index is -0.732. The maximum absolute atomic E-state index is 12.1. The number of benzene rings is 2. The molecule has 10 heteroatoms. The first kappa shape index (κ1) is 34.2. The first-order valence-corrected chi connectivity index (χ1v) is 16.3. The van der Waals surface area contributed by atoms with Crippen LogP contribution in [-0.4, -0.2) is 69.7 Å². The number of anilines is 1. The molecule has 8 nitrogen and oxygen atoms in total. The number of carbonyl (C=O) groups excluding carboxylic acids is 1. The molecule has 0 saturated carbocycles. The summed E-state index contributed by atoms with van der Waals surface area (Å²) in [6.07, 6.45) is 3.67. The summed E-state index contributed by atoms with van der Waals surface area (Å²) in [6.45, 7) is 16.3. The third-order valence-electron chi connectivity index (χ3n) is 7.68. The van der Waals surface area contributed by atoms with E-state index in [0.717, 1.165) is 81.1 Å². The van der Waals surface area contributed by atoms with E-state index >= 15 is 0 Å². The Hall–Kier alpha value is -2.68. The molecule has 242 valence electrons. The molecular weight excluding hydrogens is 601 g/mol. The molecule has 0 radical (unpaired) electrons. The topological polar surface area (TPSA) is 72.8 Å². The monoisotopic (exact) mass is 647 g/mol. The Morgan fingerprint density at radius 1 is 0.932 bits per heavy atom. The van der Waals surface area contributed by atoms with Gasteiger partial charge in [-0.05, 0) is 66.8 Å². The molecule has 0 aromatic heterocycles. The Morgan fingerprint density at radius 2 is 1.70 bits per heavy atom. The van der Waals surface area contributed by atoms with Crippen LogP contribution >= 0.6 is 23.2 Å². The molecule has 1 fully saturated rings. The van der Waals surface area contributed by atoms with E-state index in [2.05, 4.69) is 55.5 Å². The minimum Gasteiger partial charge on any atom is -0.494 e. The van der Waals surface area contributed by atoms with Crippen molar-refractivity contribution in [3.63, 3.8) is 0 Å². The summed E-state index contributed by atoms with van der Waals surface area (Å²) >= 11 is 12.6. The fourth-order valence-electron chi connectivity index (χ4n) is 5.99. The van der Waals surface area contributed by atoms with Crippen molar-refractivity contribution >= 4 is 46.6 Å². The summed E-state index contributed by atoms with van der Waals surface area (Å²) in [5, 5.41) is 1.23. The lowest BCUT2D eigenvalue weighted by Crippen LogP contribution is -2.46. The molecule has 44 heavy (non-hydrogen) atoms. The van der Waals surface area contributed by atoms with Gasteiger partial charge in [0.1, 0.15) is 12.4 Å². The summed E-state index contributed by atoms with van der Waals surface area (Å²) in [4.78, 5) is 21.5. The molecule has 0 atom stereocenters. The van der Waals surface area contributed by atoms with E-state index in [0.29, 0.717) is 29.0 Å². The van der Waals surface area contributed by atoms with E-state index in [9.17, 15) is 4.79 Å². The van der Waals surface area contributed by atoms with Crippen LogP contribution in [0.15, 0.2) is 41.4 Å². The van der Waals surface area contributed by atoms with Gasteiger partial charge in [0.25, 0.3) is 0 Å². The second-order valence-electron chi connectivity index (χ2n) is 13.6. The number of unbranched alkanes of at least 4 members (excludes halogenated alkanes) is 1. The van der Waals surface area contributed by atoms with Crippen molar-refractivity contribution in [2.75, 3.05) is 57.6 Å². The molecule has 1 saturated heterocycles.